The van der Waals surface area contributed by atoms with Gasteiger partial charge < -0.3 is 10.8 Å². The number of sulfonamides is 1. The highest BCUT2D eigenvalue weighted by Gasteiger charge is 2.36. The monoisotopic (exact) mass is 332 g/mol. The Labute approximate surface area is 126 Å². The van der Waals surface area contributed by atoms with Crippen LogP contribution in [0.4, 0.5) is 0 Å². The maximum atomic E-state index is 12.1. The van der Waals surface area contributed by atoms with Gasteiger partial charge in [-0.3, -0.25) is 4.79 Å². The lowest BCUT2D eigenvalue weighted by Gasteiger charge is -2.33. The van der Waals surface area contributed by atoms with Crippen LogP contribution in [0.15, 0.2) is 23.1 Å². The van der Waals surface area contributed by atoms with Gasteiger partial charge >= 0.3 is 5.97 Å². The minimum Gasteiger partial charge on any atom is -0.478 e. The smallest absolute Gasteiger partial charge is 0.337 e. The number of carboxylic acids is 1. The van der Waals surface area contributed by atoms with Crippen molar-refractivity contribution in [1.82, 2.24) is 4.72 Å². The van der Waals surface area contributed by atoms with Crippen molar-refractivity contribution in [3.05, 3.63) is 28.8 Å². The predicted octanol–water partition coefficient (Wildman–Crippen LogP) is 0.580. The fourth-order valence-electron chi connectivity index (χ4n) is 2.07. The first kappa shape index (κ1) is 15.7. The molecule has 0 radical (unpaired) electrons. The molecule has 7 nitrogen and oxygen atoms in total. The molecule has 2 rings (SSSR count). The fourth-order valence-corrected chi connectivity index (χ4v) is 3.68. The normalized spacial score (nSPS) is 21.6. The summed E-state index contributed by atoms with van der Waals surface area (Å²) in [6, 6.07) is 3.02. The van der Waals surface area contributed by atoms with Crippen molar-refractivity contribution in [3.8, 4) is 0 Å². The van der Waals surface area contributed by atoms with Crippen LogP contribution in [0.1, 0.15) is 23.2 Å². The van der Waals surface area contributed by atoms with Crippen LogP contribution in [0.5, 0.6) is 0 Å². The number of nitrogens with two attached hydrogens (primary N) is 1. The Hall–Kier alpha value is -1.64. The second kappa shape index (κ2) is 5.63. The van der Waals surface area contributed by atoms with E-state index in [1.54, 1.807) is 0 Å². The molecule has 1 fully saturated rings. The molecule has 4 N–H and O–H groups in total. The van der Waals surface area contributed by atoms with E-state index in [0.29, 0.717) is 12.8 Å². The molecule has 9 heteroatoms. The van der Waals surface area contributed by atoms with E-state index in [1.165, 1.54) is 6.07 Å². The summed E-state index contributed by atoms with van der Waals surface area (Å²) < 4.78 is 26.7. The van der Waals surface area contributed by atoms with Crippen molar-refractivity contribution in [2.45, 2.75) is 23.8 Å². The van der Waals surface area contributed by atoms with Gasteiger partial charge in [0.2, 0.25) is 15.9 Å². The molecule has 21 heavy (non-hydrogen) atoms. The average Bonchev–Trinajstić information content (AvgIpc) is 2.32. The number of rotatable bonds is 5. The quantitative estimate of drug-likeness (QED) is 0.727. The summed E-state index contributed by atoms with van der Waals surface area (Å²) in [4.78, 5) is 21.6. The zero-order valence-corrected chi connectivity index (χ0v) is 12.3. The first-order valence-corrected chi connectivity index (χ1v) is 7.91. The molecule has 0 atom stereocenters. The number of hydrogen-bond donors (Lipinski definition) is 3. The number of hydrogen-bond acceptors (Lipinski definition) is 4. The Morgan fingerprint density at radius 1 is 1.33 bits per heavy atom. The Morgan fingerprint density at radius 3 is 2.43 bits per heavy atom. The number of nitrogens with one attached hydrogen (secondary N) is 1. The third-order valence-corrected chi connectivity index (χ3v) is 5.17. The minimum absolute atomic E-state index is 0.125. The fraction of sp³-hybridized carbons (Fsp3) is 0.333. The van der Waals surface area contributed by atoms with Crippen molar-refractivity contribution >= 4 is 33.5 Å². The predicted molar refractivity (Wildman–Crippen MR) is 74.4 cm³/mol. The molecule has 1 aliphatic carbocycles. The van der Waals surface area contributed by atoms with Crippen LogP contribution in [0.3, 0.4) is 0 Å². The number of amides is 1. The third kappa shape index (κ3) is 3.34. The minimum atomic E-state index is -3.81. The summed E-state index contributed by atoms with van der Waals surface area (Å²) in [6.07, 6.45) is 0.713. The number of halogens is 1. The van der Waals surface area contributed by atoms with Crippen LogP contribution in [-0.2, 0) is 14.8 Å². The van der Waals surface area contributed by atoms with Gasteiger partial charge in [-0.1, -0.05) is 11.6 Å². The van der Waals surface area contributed by atoms with Gasteiger partial charge in [-0.15, -0.1) is 0 Å². The van der Waals surface area contributed by atoms with Crippen molar-refractivity contribution < 1.29 is 23.1 Å². The Morgan fingerprint density at radius 2 is 1.95 bits per heavy atom. The van der Waals surface area contributed by atoms with E-state index in [1.807, 2.05) is 0 Å². The number of carbonyl (C=O) groups excluding carboxylic acids is 1. The molecule has 1 saturated carbocycles. The summed E-state index contributed by atoms with van der Waals surface area (Å²) >= 11 is 5.75. The molecular weight excluding hydrogens is 320 g/mol. The van der Waals surface area contributed by atoms with Gasteiger partial charge in [0.15, 0.2) is 0 Å². The molecule has 1 aromatic rings. The lowest BCUT2D eigenvalue weighted by Crippen LogP contribution is -2.48. The maximum absolute atomic E-state index is 12.1. The van der Waals surface area contributed by atoms with E-state index in [2.05, 4.69) is 4.72 Å². The highest BCUT2D eigenvalue weighted by Crippen LogP contribution is 2.29. The summed E-state index contributed by atoms with van der Waals surface area (Å²) in [6.45, 7) is 0. The van der Waals surface area contributed by atoms with Gasteiger partial charge in [0.1, 0.15) is 0 Å². The van der Waals surface area contributed by atoms with E-state index in [4.69, 9.17) is 22.4 Å². The second-order valence-electron chi connectivity index (χ2n) is 4.84. The molecular formula is C12H13ClN2O5S. The largest absolute Gasteiger partial charge is 0.478 e. The third-order valence-electron chi connectivity index (χ3n) is 3.34. The summed E-state index contributed by atoms with van der Waals surface area (Å²) in [5.41, 5.74) is 4.94. The van der Waals surface area contributed by atoms with Crippen molar-refractivity contribution in [3.63, 3.8) is 0 Å². The van der Waals surface area contributed by atoms with Gasteiger partial charge in [-0.2, -0.15) is 0 Å². The molecule has 0 spiro atoms. The van der Waals surface area contributed by atoms with Crippen LogP contribution >= 0.6 is 11.6 Å². The first-order valence-electron chi connectivity index (χ1n) is 6.05. The highest BCUT2D eigenvalue weighted by molar-refractivity contribution is 7.89. The zero-order valence-electron chi connectivity index (χ0n) is 10.7. The molecule has 0 heterocycles. The molecule has 1 amide bonds. The van der Waals surface area contributed by atoms with Crippen LogP contribution in [0.25, 0.3) is 0 Å². The average molecular weight is 333 g/mol. The lowest BCUT2D eigenvalue weighted by atomic mass is 9.80. The maximum Gasteiger partial charge on any atom is 0.337 e. The Bertz CT molecular complexity index is 698. The first-order chi connectivity index (χ1) is 9.70. The summed E-state index contributed by atoms with van der Waals surface area (Å²) in [5.74, 6) is -1.99. The van der Waals surface area contributed by atoms with E-state index in [0.717, 1.165) is 12.1 Å². The summed E-state index contributed by atoms with van der Waals surface area (Å²) in [7, 11) is -3.81. The van der Waals surface area contributed by atoms with Crippen molar-refractivity contribution in [1.29, 1.82) is 0 Å². The second-order valence-corrected chi connectivity index (χ2v) is 6.96. The number of carboxylic acid groups (broad SMARTS) is 1. The zero-order chi connectivity index (χ0) is 15.8. The standard InChI is InChI=1S/C12H13ClN2O5S/c13-10-5-8(1-2-9(10)12(17)18)21(19,20)15-7-3-6(4-7)11(14)16/h1-2,5-7,15H,3-4H2,(H2,14,16)(H,17,18). The topological polar surface area (TPSA) is 127 Å². The molecule has 0 saturated heterocycles. The van der Waals surface area contributed by atoms with Gasteiger partial charge in [-0.25, -0.2) is 17.9 Å². The van der Waals surface area contributed by atoms with Gasteiger partial charge in [0, 0.05) is 12.0 Å². The molecule has 0 bridgehead atoms. The molecule has 1 aliphatic rings. The van der Waals surface area contributed by atoms with E-state index in [9.17, 15) is 18.0 Å². The number of aromatic carboxylic acids is 1. The van der Waals surface area contributed by atoms with Gasteiger partial charge in [0.25, 0.3) is 0 Å². The van der Waals surface area contributed by atoms with Gasteiger partial charge in [-0.05, 0) is 31.0 Å². The summed E-state index contributed by atoms with van der Waals surface area (Å²) in [5, 5.41) is 8.68. The molecule has 0 unspecified atom stereocenters. The Balaban J connectivity index is 2.12. The molecule has 0 aliphatic heterocycles. The van der Waals surface area contributed by atoms with Crippen LogP contribution < -0.4 is 10.5 Å². The van der Waals surface area contributed by atoms with Crippen molar-refractivity contribution in [2.75, 3.05) is 0 Å². The van der Waals surface area contributed by atoms with Crippen LogP contribution in [0.2, 0.25) is 5.02 Å². The van der Waals surface area contributed by atoms with E-state index >= 15 is 0 Å². The van der Waals surface area contributed by atoms with Crippen molar-refractivity contribution in [2.24, 2.45) is 11.7 Å². The molecule has 114 valence electrons. The molecule has 1 aromatic carbocycles. The molecule has 0 aromatic heterocycles. The highest BCUT2D eigenvalue weighted by atomic mass is 35.5. The number of benzene rings is 1. The number of primary amides is 1. The Kier molecular flexibility index (Phi) is 4.22. The van der Waals surface area contributed by atoms with Crippen LogP contribution in [-0.4, -0.2) is 31.4 Å². The SMILES string of the molecule is NC(=O)C1CC(NS(=O)(=O)c2ccc(C(=O)O)c(Cl)c2)C1. The van der Waals surface area contributed by atoms with E-state index in [-0.39, 0.29) is 27.4 Å². The van der Waals surface area contributed by atoms with Gasteiger partial charge in [0.05, 0.1) is 15.5 Å². The lowest BCUT2D eigenvalue weighted by molar-refractivity contribution is -0.124. The van der Waals surface area contributed by atoms with Crippen LogP contribution in [0, 0.1) is 5.92 Å². The van der Waals surface area contributed by atoms with E-state index < -0.39 is 21.9 Å². The number of carbonyl (C=O) groups is 2.